The molecule has 0 N–H and O–H groups in total. The van der Waals surface area contributed by atoms with E-state index < -0.39 is 31.4 Å². The average molecular weight is 815 g/mol. The Bertz CT molecular complexity index is 1220. The second-order valence-electron chi connectivity index (χ2n) is 15.2. The Kier molecular flexibility index (Phi) is 21.1. The van der Waals surface area contributed by atoms with Crippen LogP contribution in [0.4, 0.5) is 26.3 Å². The molecule has 4 aliphatic carbocycles. The van der Waals surface area contributed by atoms with Crippen molar-refractivity contribution in [1.82, 2.24) is 0 Å². The molecule has 0 spiro atoms. The first kappa shape index (κ1) is 49.4. The minimum absolute atomic E-state index is 0. The zero-order valence-corrected chi connectivity index (χ0v) is 34.5. The van der Waals surface area contributed by atoms with E-state index in [9.17, 15) is 26.3 Å². The molecule has 2 aromatic carbocycles. The molecule has 3 atom stereocenters. The summed E-state index contributed by atoms with van der Waals surface area (Å²) >= 11 is 0. The fourth-order valence-corrected chi connectivity index (χ4v) is 17.7. The topological polar surface area (TPSA) is 0 Å². The normalized spacial score (nSPS) is 22.0. The van der Waals surface area contributed by atoms with Gasteiger partial charge in [-0.1, -0.05) is 111 Å². The number of rotatable bonds is 7. The smallest absolute Gasteiger partial charge is 0.358 e. The molecule has 2 unspecified atom stereocenters. The zero-order valence-electron chi connectivity index (χ0n) is 31.6. The van der Waals surface area contributed by atoms with Crippen LogP contribution in [0, 0.1) is 34.6 Å². The Morgan fingerprint density at radius 3 is 1.27 bits per heavy atom. The third-order valence-corrected chi connectivity index (χ3v) is 18.5. The first-order valence-corrected chi connectivity index (χ1v) is 21.7. The molecule has 9 heteroatoms. The number of alkyl halides is 6. The molecule has 4 aliphatic rings. The number of hydrogen-bond acceptors (Lipinski definition) is 0. The van der Waals surface area contributed by atoms with Gasteiger partial charge < -0.3 is 14.9 Å². The van der Waals surface area contributed by atoms with Crippen molar-refractivity contribution in [3.8, 4) is 0 Å². The van der Waals surface area contributed by atoms with Crippen LogP contribution in [0.15, 0.2) is 36.4 Å². The predicted octanol–water partition coefficient (Wildman–Crippen LogP) is 15.0. The van der Waals surface area contributed by atoms with Crippen molar-refractivity contribution in [1.29, 1.82) is 0 Å². The summed E-state index contributed by atoms with van der Waals surface area (Å²) in [7, 11) is -1.70. The van der Waals surface area contributed by atoms with Gasteiger partial charge in [-0.25, -0.2) is 0 Å². The number of benzene rings is 2. The van der Waals surface area contributed by atoms with Crippen LogP contribution in [0.3, 0.4) is 0 Å². The van der Waals surface area contributed by atoms with Crippen LogP contribution in [-0.4, -0.2) is 22.6 Å². The maximum Gasteiger partial charge on any atom is 2.00 e. The minimum atomic E-state index is -4.51. The van der Waals surface area contributed by atoms with Gasteiger partial charge in [0.15, 0.2) is 0 Å². The first-order valence-electron chi connectivity index (χ1n) is 18.8. The Morgan fingerprint density at radius 2 is 0.904 bits per heavy atom. The molecule has 4 fully saturated rings. The van der Waals surface area contributed by atoms with Gasteiger partial charge in [-0.3, -0.25) is 0 Å². The van der Waals surface area contributed by atoms with Crippen molar-refractivity contribution in [2.45, 2.75) is 179 Å². The number of halogens is 6. The van der Waals surface area contributed by atoms with Gasteiger partial charge in [-0.05, 0) is 135 Å². The van der Waals surface area contributed by atoms with E-state index in [0.717, 1.165) is 42.7 Å². The molecule has 0 radical (unpaired) electrons. The van der Waals surface area contributed by atoms with E-state index in [1.807, 2.05) is 12.1 Å². The third kappa shape index (κ3) is 13.0. The van der Waals surface area contributed by atoms with Gasteiger partial charge in [0, 0.05) is 0 Å². The molecular weight excluding hydrogens is 748 g/mol. The van der Waals surface area contributed by atoms with Crippen LogP contribution in [0.2, 0.25) is 0 Å². The van der Waals surface area contributed by atoms with E-state index >= 15 is 0 Å². The van der Waals surface area contributed by atoms with Gasteiger partial charge in [0.2, 0.25) is 0 Å². The molecular formula is C43H66F6FeP2. The predicted molar refractivity (Wildman–Crippen MR) is 212 cm³/mol. The van der Waals surface area contributed by atoms with E-state index in [1.54, 1.807) is 13.8 Å². The summed E-state index contributed by atoms with van der Waals surface area (Å²) in [6.45, 7) is 5.77. The third-order valence-electron chi connectivity index (χ3n) is 11.5. The molecule has 0 nitrogen and oxygen atoms in total. The van der Waals surface area contributed by atoms with Crippen LogP contribution in [0.5, 0.6) is 0 Å². The monoisotopic (exact) mass is 814 g/mol. The Morgan fingerprint density at radius 1 is 0.538 bits per heavy atom. The Labute approximate surface area is 326 Å². The van der Waals surface area contributed by atoms with Crippen molar-refractivity contribution < 1.29 is 43.4 Å². The fourth-order valence-electron chi connectivity index (χ4n) is 9.34. The van der Waals surface area contributed by atoms with Crippen molar-refractivity contribution in [2.75, 3.05) is 0 Å². The second-order valence-corrected chi connectivity index (χ2v) is 20.8. The molecule has 0 amide bonds. The Balaban J connectivity index is 0.00000139. The molecule has 0 saturated heterocycles. The molecule has 0 heterocycles. The molecule has 0 bridgehead atoms. The maximum absolute atomic E-state index is 14.1. The number of aryl methyl sites for hydroxylation is 2. The SMILES string of the molecule is C.C1CCCC1.Cc1cc(P(c2cc(C)cc(C(F)(F)F)c2)C2CCCC2[C@@H](C)P(C2CCCCC2)C2CCCCC2)cc(C(F)(F)F)c1.[CH3-].[CH3-].[Fe+2]. The molecule has 6 rings (SSSR count). The molecule has 298 valence electrons. The molecule has 4 saturated carbocycles. The van der Waals surface area contributed by atoms with Gasteiger partial charge in [-0.15, -0.1) is 0 Å². The van der Waals surface area contributed by atoms with E-state index in [2.05, 4.69) is 6.92 Å². The molecule has 0 aliphatic heterocycles. The van der Waals surface area contributed by atoms with E-state index in [-0.39, 0.29) is 52.9 Å². The van der Waals surface area contributed by atoms with Crippen LogP contribution < -0.4 is 10.6 Å². The summed E-state index contributed by atoms with van der Waals surface area (Å²) in [5.74, 6) is 0.325. The Hall–Kier alpha value is -0.601. The van der Waals surface area contributed by atoms with Crippen molar-refractivity contribution in [2.24, 2.45) is 5.92 Å². The maximum atomic E-state index is 14.1. The van der Waals surface area contributed by atoms with Crippen LogP contribution >= 0.6 is 15.8 Å². The quantitative estimate of drug-likeness (QED) is 0.113. The summed E-state index contributed by atoms with van der Waals surface area (Å²) in [5.41, 5.74) is 1.67. The summed E-state index contributed by atoms with van der Waals surface area (Å²) < 4.78 is 84.4. The number of hydrogen-bond donors (Lipinski definition) is 0. The van der Waals surface area contributed by atoms with Gasteiger partial charge >= 0.3 is 29.4 Å². The second kappa shape index (κ2) is 22.2. The zero-order chi connectivity index (χ0) is 34.5. The van der Waals surface area contributed by atoms with Crippen LogP contribution in [0.25, 0.3) is 0 Å². The fraction of sp³-hybridized carbons (Fsp3) is 0.674. The summed E-state index contributed by atoms with van der Waals surface area (Å²) in [5, 5.41) is 1.15. The summed E-state index contributed by atoms with van der Waals surface area (Å²) in [6, 6.07) is 8.46. The van der Waals surface area contributed by atoms with Crippen molar-refractivity contribution in [3.05, 3.63) is 73.5 Å². The molecule has 52 heavy (non-hydrogen) atoms. The van der Waals surface area contributed by atoms with Crippen molar-refractivity contribution >= 4 is 26.5 Å². The standard InChI is InChI=1S/C35H46F6P2.C5H10.CH4.2CH3.Fe/c1-23-17-26(34(36,37)38)21-30(19-23)43(31-20-24(2)18-27(22-31)35(39,40)41)33-16-10-15-32(33)25(3)42(28-11-6-4-7-12-28)29-13-8-5-9-14-29;1-2-4-5-3-1;;;;/h17-22,25,28-29,32-33H,4-16H2,1-3H3;1-5H2;1H4;2*1H3;/q;;;2*-1;+2/t25-,32?,33?;;;;;/m1...../s1. The summed E-state index contributed by atoms with van der Waals surface area (Å²) in [6.07, 6.45) is 14.3. The van der Waals surface area contributed by atoms with E-state index in [4.69, 9.17) is 0 Å². The van der Waals surface area contributed by atoms with Crippen LogP contribution in [-0.2, 0) is 29.4 Å². The van der Waals surface area contributed by atoms with Gasteiger partial charge in [0.25, 0.3) is 0 Å². The van der Waals surface area contributed by atoms with E-state index in [0.29, 0.717) is 33.3 Å². The van der Waals surface area contributed by atoms with Gasteiger partial charge in [-0.2, -0.15) is 26.3 Å². The van der Waals surface area contributed by atoms with Crippen LogP contribution in [0.1, 0.15) is 152 Å². The van der Waals surface area contributed by atoms with Gasteiger partial charge in [0.1, 0.15) is 0 Å². The molecule has 0 aromatic heterocycles. The first-order chi connectivity index (χ1) is 22.8. The summed E-state index contributed by atoms with van der Waals surface area (Å²) in [4.78, 5) is 0. The minimum Gasteiger partial charge on any atom is -0.358 e. The van der Waals surface area contributed by atoms with Gasteiger partial charge in [0.05, 0.1) is 11.1 Å². The molecule has 2 aromatic rings. The van der Waals surface area contributed by atoms with Crippen molar-refractivity contribution in [3.63, 3.8) is 0 Å². The van der Waals surface area contributed by atoms with E-state index in [1.165, 1.54) is 108 Å². The largest absolute Gasteiger partial charge is 2.00 e. The average Bonchev–Trinajstić information content (AvgIpc) is 3.78.